The molecule has 5 unspecified atom stereocenters. The van der Waals surface area contributed by atoms with Gasteiger partial charge in [-0.2, -0.15) is 11.8 Å². The summed E-state index contributed by atoms with van der Waals surface area (Å²) in [6.45, 7) is 101. The SMILES string of the molecule is CC(C)CN(CC(=O)NC(C(=O)O)C(C)O)C(C)C.CC(C)CN(CC(=O)NC(C)C(C)C)C(C)C.CC(C)CN(CC(=O)NCCCC(=O)O)C(C)C.CC(C)CN(CC(=O)NCCCN)C(C)C.CCC(C)NC(=O)CN(CC(C)C)C(C)C.CCCCNC(=O)CN(CC(C)C)C(C)C.CCCNC(=O)CN(CC(C)C)C(C)C.CSCCC(C)NC(=O)CN(CC(C)C)C(C)C. The van der Waals surface area contributed by atoms with Crippen LogP contribution in [0, 0.1) is 53.3 Å². The monoisotopic (exact) mass is 1950 g/mol. The van der Waals surface area contributed by atoms with Gasteiger partial charge in [-0.05, 0) is 249 Å². The minimum atomic E-state index is -1.26. The van der Waals surface area contributed by atoms with Crippen molar-refractivity contribution in [1.29, 1.82) is 0 Å². The molecule has 0 fully saturated rings. The molecule has 0 spiro atoms. The maximum atomic E-state index is 12.0. The molecule has 8 amide bonds. The van der Waals surface area contributed by atoms with Crippen molar-refractivity contribution in [1.82, 2.24) is 81.7 Å². The van der Waals surface area contributed by atoms with Gasteiger partial charge in [0.05, 0.1) is 58.5 Å². The first-order chi connectivity index (χ1) is 62.3. The summed E-state index contributed by atoms with van der Waals surface area (Å²) in [6, 6.07) is 2.58. The van der Waals surface area contributed by atoms with Gasteiger partial charge in [-0.25, -0.2) is 4.79 Å². The normalized spacial score (nSPS) is 12.7. The van der Waals surface area contributed by atoms with E-state index in [0.29, 0.717) is 167 Å². The number of amides is 8. The number of thioether (sulfide) groups is 1. The zero-order valence-corrected chi connectivity index (χ0v) is 95.7. The summed E-state index contributed by atoms with van der Waals surface area (Å²) < 4.78 is 0. The van der Waals surface area contributed by atoms with Crippen LogP contribution >= 0.6 is 11.8 Å². The number of nitrogens with two attached hydrogens (primary N) is 1. The van der Waals surface area contributed by atoms with E-state index in [1.807, 2.05) is 37.4 Å². The minimum absolute atomic E-state index is 0.0326. The average Bonchev–Trinajstić information content (AvgIpc) is 0.922. The first kappa shape index (κ1) is 145. The summed E-state index contributed by atoms with van der Waals surface area (Å²) in [5.74, 6) is 4.44. The fourth-order valence-corrected chi connectivity index (χ4v) is 13.4. The van der Waals surface area contributed by atoms with E-state index in [0.717, 1.165) is 110 Å². The highest BCUT2D eigenvalue weighted by molar-refractivity contribution is 7.98. The van der Waals surface area contributed by atoms with Crippen LogP contribution in [0.25, 0.3) is 0 Å². The zero-order valence-electron chi connectivity index (χ0n) is 94.9. The van der Waals surface area contributed by atoms with Crippen LogP contribution in [-0.2, 0) is 47.9 Å². The van der Waals surface area contributed by atoms with Gasteiger partial charge in [0.25, 0.3) is 0 Å². The van der Waals surface area contributed by atoms with Crippen LogP contribution in [0.15, 0.2) is 0 Å². The van der Waals surface area contributed by atoms with Gasteiger partial charge in [0.1, 0.15) is 0 Å². The molecule has 31 heteroatoms. The van der Waals surface area contributed by atoms with Gasteiger partial charge in [0.15, 0.2) is 6.04 Å². The maximum absolute atomic E-state index is 12.0. The van der Waals surface area contributed by atoms with Crippen LogP contribution in [-0.4, -0.2) is 342 Å². The van der Waals surface area contributed by atoms with E-state index >= 15 is 0 Å². The Morgan fingerprint density at radius 3 is 0.748 bits per heavy atom. The molecular weight excluding hydrogens is 1730 g/mol. The molecule has 0 aromatic carbocycles. The van der Waals surface area contributed by atoms with Gasteiger partial charge in [0, 0.05) is 151 Å². The molecule has 135 heavy (non-hydrogen) atoms. The third-order valence-corrected chi connectivity index (χ3v) is 21.7. The lowest BCUT2D eigenvalue weighted by atomic mass is 10.1. The van der Waals surface area contributed by atoms with Crippen LogP contribution in [0.3, 0.4) is 0 Å². The number of aliphatic carboxylic acids is 2. The summed E-state index contributed by atoms with van der Waals surface area (Å²) in [4.78, 5) is 133. The van der Waals surface area contributed by atoms with Crippen molar-refractivity contribution in [3.63, 3.8) is 0 Å². The Bertz CT molecular complexity index is 2880. The fraction of sp³-hybridized carbons (Fsp3) is 0.904. The highest BCUT2D eigenvalue weighted by Crippen LogP contribution is 2.13. The molecule has 0 saturated heterocycles. The molecule has 0 heterocycles. The molecule has 0 saturated carbocycles. The van der Waals surface area contributed by atoms with E-state index in [2.05, 4.69) is 339 Å². The molecule has 0 aliphatic rings. The lowest BCUT2D eigenvalue weighted by Gasteiger charge is -2.28. The van der Waals surface area contributed by atoms with Crippen molar-refractivity contribution in [3.05, 3.63) is 0 Å². The smallest absolute Gasteiger partial charge is 0.328 e. The second-order valence-corrected chi connectivity index (χ2v) is 43.6. The van der Waals surface area contributed by atoms with Crippen LogP contribution in [0.1, 0.15) is 335 Å². The zero-order chi connectivity index (χ0) is 107. The quantitative estimate of drug-likeness (QED) is 0.0252. The van der Waals surface area contributed by atoms with Gasteiger partial charge in [-0.1, -0.05) is 152 Å². The second kappa shape index (κ2) is 88.8. The number of nitrogens with one attached hydrogen (secondary N) is 8. The summed E-state index contributed by atoms with van der Waals surface area (Å²) >= 11 is 1.82. The second-order valence-electron chi connectivity index (χ2n) is 42.6. The molecule has 5 atom stereocenters. The third-order valence-electron chi connectivity index (χ3n) is 21.1. The number of rotatable bonds is 63. The molecule has 0 radical (unpaired) electrons. The molecule has 0 aliphatic carbocycles. The van der Waals surface area contributed by atoms with E-state index in [4.69, 9.17) is 15.9 Å². The molecule has 0 rings (SSSR count). The van der Waals surface area contributed by atoms with Crippen LogP contribution < -0.4 is 48.3 Å². The van der Waals surface area contributed by atoms with Crippen LogP contribution in [0.5, 0.6) is 0 Å². The van der Waals surface area contributed by atoms with E-state index in [-0.39, 0.29) is 84.4 Å². The summed E-state index contributed by atoms with van der Waals surface area (Å²) in [5, 5.41) is 49.7. The molecule has 0 aliphatic heterocycles. The molecule has 13 N–H and O–H groups in total. The van der Waals surface area contributed by atoms with Crippen LogP contribution in [0.4, 0.5) is 0 Å². The van der Waals surface area contributed by atoms with E-state index in [1.54, 1.807) is 0 Å². The number of hydrogen-bond donors (Lipinski definition) is 12. The molecular formula is C104H221N17O13S. The van der Waals surface area contributed by atoms with E-state index in [9.17, 15) is 53.1 Å². The Morgan fingerprint density at radius 2 is 0.541 bits per heavy atom. The average molecular weight is 1950 g/mol. The van der Waals surface area contributed by atoms with E-state index < -0.39 is 24.1 Å². The van der Waals surface area contributed by atoms with Gasteiger partial charge >= 0.3 is 11.9 Å². The number of nitrogens with zero attached hydrogens (tertiary/aromatic N) is 8. The topological polar surface area (TPSA) is 380 Å². The minimum Gasteiger partial charge on any atom is -0.481 e. The molecule has 806 valence electrons. The Hall–Kier alpha value is -5.35. The number of carbonyl (C=O) groups is 10. The number of aliphatic hydroxyl groups excluding tert-OH is 1. The number of aliphatic hydroxyl groups is 1. The van der Waals surface area contributed by atoms with Crippen LogP contribution in [0.2, 0.25) is 0 Å². The number of carbonyl (C=O) groups excluding carboxylic acids is 8. The molecule has 30 nitrogen and oxygen atoms in total. The fourth-order valence-electron chi connectivity index (χ4n) is 12.8. The van der Waals surface area contributed by atoms with E-state index in [1.165, 1.54) is 6.92 Å². The van der Waals surface area contributed by atoms with Gasteiger partial charge < -0.3 is 63.6 Å². The number of unbranched alkanes of at least 4 members (excludes halogenated alkanes) is 1. The predicted molar refractivity (Wildman–Crippen MR) is 572 cm³/mol. The van der Waals surface area contributed by atoms with Crippen molar-refractivity contribution in [2.75, 3.05) is 149 Å². The van der Waals surface area contributed by atoms with Crippen molar-refractivity contribution >= 4 is 71.0 Å². The Labute approximate surface area is 833 Å². The van der Waals surface area contributed by atoms with Crippen molar-refractivity contribution in [2.45, 2.75) is 414 Å². The molecule has 0 aromatic rings. The van der Waals surface area contributed by atoms with Crippen molar-refractivity contribution in [2.24, 2.45) is 59.0 Å². The number of carboxylic acid groups (broad SMARTS) is 2. The van der Waals surface area contributed by atoms with Gasteiger partial charge in [-0.15, -0.1) is 0 Å². The Morgan fingerprint density at radius 1 is 0.304 bits per heavy atom. The van der Waals surface area contributed by atoms with Crippen molar-refractivity contribution in [3.8, 4) is 0 Å². The first-order valence-electron chi connectivity index (χ1n) is 51.8. The molecule has 0 aromatic heterocycles. The number of hydrogen-bond acceptors (Lipinski definition) is 21. The largest absolute Gasteiger partial charge is 0.481 e. The Kier molecular flexibility index (Phi) is 95.4. The standard InChI is InChI=1S/C14H30N2OS.C14H30N2O.C13H26N2O4.C13H26N2O3.2C13H28N2O.C12H27N3O.C12H26N2O/c1-11(2)9-16(12(3)4)10-14(17)15-13(5)7-8-18-6;1-10(2)8-16(12(5)6)9-14(17)15-13(7)11(3)4;1-8(2)6-15(9(3)4)7-11(17)14-12(10(5)16)13(18)19;1-10(2)8-15(11(3)4)9-12(16)14-7-5-6-13(17)18;1-7-12(6)14-13(16)9-15(11(4)5)8-10(2)3;1-6-7-8-14-13(16)10-15(12(4)5)9-11(2)3;1-10(2)8-15(11(3)4)9-12(16)14-7-5-6-13;1-6-7-13-12(15)9-14(11(4)5)8-10(2)3/h11-13H,7-10H2,1-6H3,(H,15,17);10-13H,8-9H2,1-7H3,(H,15,17);8-10,12,16H,6-7H2,1-5H3,(H,14,17)(H,18,19);10-11H,5-9H2,1-4H3,(H,14,16)(H,17,18);10-12H,7-9H2,1-6H3,(H,14,16);11-12H,6-10H2,1-5H3,(H,14,16);10-11H,5-9,13H2,1-4H3,(H,14,16);10-11H,6-9H2,1-5H3,(H,13,15). The lowest BCUT2D eigenvalue weighted by molar-refractivity contribution is -0.145. The first-order valence-corrected chi connectivity index (χ1v) is 53.2. The third kappa shape index (κ3) is 97.3. The van der Waals surface area contributed by atoms with Gasteiger partial charge in [-0.3, -0.25) is 82.4 Å². The van der Waals surface area contributed by atoms with Gasteiger partial charge in [0.2, 0.25) is 47.3 Å². The summed E-state index contributed by atoms with van der Waals surface area (Å²) in [5.41, 5.74) is 5.37. The maximum Gasteiger partial charge on any atom is 0.328 e. The Balaban J connectivity index is -0.000000228. The number of carboxylic acids is 2. The summed E-state index contributed by atoms with van der Waals surface area (Å²) in [6.07, 6.45) is 7.60. The predicted octanol–water partition coefficient (Wildman–Crippen LogP) is 14.0. The molecule has 0 bridgehead atoms. The lowest BCUT2D eigenvalue weighted by Crippen LogP contribution is -2.51. The summed E-state index contributed by atoms with van der Waals surface area (Å²) in [7, 11) is 0. The highest BCUT2D eigenvalue weighted by atomic mass is 32.2. The van der Waals surface area contributed by atoms with Crippen molar-refractivity contribution < 1.29 is 63.3 Å². The highest BCUT2D eigenvalue weighted by Gasteiger charge is 2.28.